The van der Waals surface area contributed by atoms with E-state index in [1.165, 1.54) is 22.0 Å². The lowest BCUT2D eigenvalue weighted by molar-refractivity contribution is -0.144. The maximum Gasteiger partial charge on any atom is 0.333 e. The molecule has 5 aromatic carbocycles. The number of ether oxygens (including phenoxy) is 4. The van der Waals surface area contributed by atoms with Gasteiger partial charge >= 0.3 is 11.9 Å². The molecule has 5 aliphatic rings. The van der Waals surface area contributed by atoms with E-state index in [1.54, 1.807) is 79.7 Å². The molecule has 77 heavy (non-hydrogen) atoms. The van der Waals surface area contributed by atoms with Crippen molar-refractivity contribution >= 4 is 58.8 Å². The van der Waals surface area contributed by atoms with Gasteiger partial charge in [-0.3, -0.25) is 38.5 Å². The van der Waals surface area contributed by atoms with Crippen LogP contribution >= 0.6 is 0 Å². The maximum absolute atomic E-state index is 14.1. The first-order chi connectivity index (χ1) is 37.0. The Morgan fingerprint density at radius 1 is 0.597 bits per heavy atom. The number of fused-ring (bicyclic) bond motifs is 1. The van der Waals surface area contributed by atoms with Crippen molar-refractivity contribution < 1.29 is 57.3 Å². The molecule has 1 saturated carbocycles. The molecule has 2 aliphatic carbocycles. The van der Waals surface area contributed by atoms with Crippen LogP contribution < -0.4 is 19.3 Å². The highest BCUT2D eigenvalue weighted by Crippen LogP contribution is 2.73. The molecule has 0 aromatic heterocycles. The molecule has 2 unspecified atom stereocenters. The van der Waals surface area contributed by atoms with Crippen molar-refractivity contribution in [1.82, 2.24) is 4.90 Å². The van der Waals surface area contributed by atoms with Crippen LogP contribution in [0.5, 0.6) is 17.2 Å². The largest absolute Gasteiger partial charge is 0.465 e. The standard InChI is InChI=1S/C62H55N3O12/c1-39(2)57(71)75-35-31-41-9-17-44(18-10-41)64-55(69)50-26-25-48(36-51(50)56(64)70)76-46-21-13-42(14-22-46)60(3,4)43-15-23-47(24-16-43)77-49-29-32-61-38-62(61,37-49)59(73)65(58(61)72)45-19-11-40(12-20-45)30-34-74-54(68)8-6-5-7-33-63-52(66)27-28-53(63)67/h9-29,32,36-37H,1,5-8,30-31,33-35,38H2,2-4H3. The van der Waals surface area contributed by atoms with E-state index in [4.69, 9.17) is 18.9 Å². The molecule has 15 nitrogen and oxygen atoms in total. The third kappa shape index (κ3) is 9.92. The minimum Gasteiger partial charge on any atom is -0.465 e. The molecule has 2 fully saturated rings. The minimum atomic E-state index is -1.03. The molecule has 1 saturated heterocycles. The monoisotopic (exact) mass is 1030 g/mol. The lowest BCUT2D eigenvalue weighted by atomic mass is 9.78. The summed E-state index contributed by atoms with van der Waals surface area (Å²) in [6, 6.07) is 34.3. The first-order valence-electron chi connectivity index (χ1n) is 25.6. The van der Waals surface area contributed by atoms with E-state index in [9.17, 15) is 38.4 Å². The number of esters is 2. The van der Waals surface area contributed by atoms with Crippen molar-refractivity contribution in [2.24, 2.45) is 10.8 Å². The quantitative estimate of drug-likeness (QED) is 0.0294. The predicted octanol–water partition coefficient (Wildman–Crippen LogP) is 9.62. The molecule has 0 N–H and O–H groups in total. The van der Waals surface area contributed by atoms with Crippen molar-refractivity contribution in [2.45, 2.75) is 71.1 Å². The average molecular weight is 1030 g/mol. The molecule has 2 atom stereocenters. The number of nitrogens with zero attached hydrogens (tertiary/aromatic N) is 3. The lowest BCUT2D eigenvalue weighted by Gasteiger charge is -2.26. The van der Waals surface area contributed by atoms with Crippen molar-refractivity contribution in [3.05, 3.63) is 197 Å². The molecule has 0 spiro atoms. The molecule has 5 aromatic rings. The number of carbonyl (C=O) groups is 8. The summed E-state index contributed by atoms with van der Waals surface area (Å²) in [5.41, 5.74) is 3.11. The van der Waals surface area contributed by atoms with E-state index >= 15 is 0 Å². The van der Waals surface area contributed by atoms with Gasteiger partial charge in [0.25, 0.3) is 23.6 Å². The molecule has 10 rings (SSSR count). The van der Waals surface area contributed by atoms with E-state index in [0.29, 0.717) is 85.0 Å². The number of piperidine rings is 1. The smallest absolute Gasteiger partial charge is 0.333 e. The summed E-state index contributed by atoms with van der Waals surface area (Å²) >= 11 is 0. The molecule has 3 heterocycles. The second kappa shape index (κ2) is 20.6. The van der Waals surface area contributed by atoms with Crippen LogP contribution in [-0.4, -0.2) is 72.0 Å². The van der Waals surface area contributed by atoms with Crippen LogP contribution in [0.1, 0.15) is 95.8 Å². The summed E-state index contributed by atoms with van der Waals surface area (Å²) in [5.74, 6) is -0.883. The highest BCUT2D eigenvalue weighted by atomic mass is 16.5. The number of imide groups is 3. The Balaban J connectivity index is 0.699. The lowest BCUT2D eigenvalue weighted by Crippen LogP contribution is -2.35. The van der Waals surface area contributed by atoms with Crippen LogP contribution in [0, 0.1) is 10.8 Å². The van der Waals surface area contributed by atoms with Crippen molar-refractivity contribution in [3.63, 3.8) is 0 Å². The Morgan fingerprint density at radius 2 is 1.14 bits per heavy atom. The Labute approximate surface area is 445 Å². The van der Waals surface area contributed by atoms with Gasteiger partial charge in [0, 0.05) is 48.9 Å². The van der Waals surface area contributed by atoms with Crippen LogP contribution in [0.2, 0.25) is 0 Å². The van der Waals surface area contributed by atoms with Gasteiger partial charge in [0.05, 0.1) is 46.5 Å². The van der Waals surface area contributed by atoms with Gasteiger partial charge in [-0.2, -0.15) is 0 Å². The number of benzene rings is 5. The first-order valence-corrected chi connectivity index (χ1v) is 25.6. The summed E-state index contributed by atoms with van der Waals surface area (Å²) in [6.07, 6.45) is 11.2. The van der Waals surface area contributed by atoms with Crippen molar-refractivity contribution in [3.8, 4) is 17.2 Å². The zero-order valence-corrected chi connectivity index (χ0v) is 42.9. The van der Waals surface area contributed by atoms with Crippen molar-refractivity contribution in [2.75, 3.05) is 29.6 Å². The van der Waals surface area contributed by atoms with Crippen LogP contribution in [0.15, 0.2) is 164 Å². The Bertz CT molecular complexity index is 3350. The number of allylic oxidation sites excluding steroid dienone is 1. The minimum absolute atomic E-state index is 0.176. The molecule has 6 amide bonds. The average Bonchev–Trinajstić information content (AvgIpc) is 3.27. The van der Waals surface area contributed by atoms with Crippen LogP contribution in [0.4, 0.5) is 11.4 Å². The van der Waals surface area contributed by atoms with Gasteiger partial charge in [0.15, 0.2) is 0 Å². The number of carbonyl (C=O) groups excluding carboxylic acids is 8. The van der Waals surface area contributed by atoms with E-state index < -0.39 is 34.0 Å². The van der Waals surface area contributed by atoms with E-state index in [1.807, 2.05) is 60.7 Å². The molecular weight excluding hydrogens is 979 g/mol. The van der Waals surface area contributed by atoms with E-state index in [0.717, 1.165) is 27.2 Å². The highest BCUT2D eigenvalue weighted by Gasteiger charge is 2.81. The SMILES string of the molecule is C=C(C)C(=O)OCCc1ccc(N2C(=O)c3ccc(Oc4ccc(C(C)(C)c5ccc(OC6=CC78CC7(C=C6)C(=O)N(c6ccc(CCOC(=O)CCCCCN7C(=O)C=CC7=O)cc6)C8=O)cc5)cc4)cc3C2=O)cc1. The van der Waals surface area contributed by atoms with Gasteiger partial charge < -0.3 is 18.9 Å². The van der Waals surface area contributed by atoms with Gasteiger partial charge in [0.2, 0.25) is 11.8 Å². The maximum atomic E-state index is 14.1. The summed E-state index contributed by atoms with van der Waals surface area (Å²) in [7, 11) is 0. The highest BCUT2D eigenvalue weighted by molar-refractivity contribution is 6.34. The van der Waals surface area contributed by atoms with Crippen molar-refractivity contribution in [1.29, 1.82) is 0 Å². The van der Waals surface area contributed by atoms with Gasteiger partial charge in [-0.05, 0) is 127 Å². The fraction of sp³-hybridized carbons (Fsp3) is 0.258. The Hall–Kier alpha value is -8.98. The summed E-state index contributed by atoms with van der Waals surface area (Å²) in [4.78, 5) is 106. The molecule has 390 valence electrons. The fourth-order valence-corrected chi connectivity index (χ4v) is 10.3. The van der Waals surface area contributed by atoms with Crippen LogP contribution in [0.3, 0.4) is 0 Å². The second-order valence-electron chi connectivity index (χ2n) is 20.4. The topological polar surface area (TPSA) is 183 Å². The number of rotatable bonds is 21. The Kier molecular flexibility index (Phi) is 13.8. The molecule has 15 heteroatoms. The van der Waals surface area contributed by atoms with Crippen LogP contribution in [0.25, 0.3) is 0 Å². The zero-order chi connectivity index (χ0) is 54.2. The first kappa shape index (κ1) is 51.5. The fourth-order valence-electron chi connectivity index (χ4n) is 10.3. The van der Waals surface area contributed by atoms with Gasteiger partial charge in [-0.25, -0.2) is 14.6 Å². The Morgan fingerprint density at radius 3 is 1.75 bits per heavy atom. The summed E-state index contributed by atoms with van der Waals surface area (Å²) in [6.45, 7) is 10.1. The van der Waals surface area contributed by atoms with Gasteiger partial charge in [-0.1, -0.05) is 81.5 Å². The summed E-state index contributed by atoms with van der Waals surface area (Å²) < 4.78 is 23.1. The third-order valence-corrected chi connectivity index (χ3v) is 15.0. The van der Waals surface area contributed by atoms with E-state index in [-0.39, 0.29) is 60.4 Å². The summed E-state index contributed by atoms with van der Waals surface area (Å²) in [5, 5.41) is 0. The normalized spacial score (nSPS) is 19.1. The molecule has 0 radical (unpaired) electrons. The number of unbranched alkanes of at least 4 members (excludes halogenated alkanes) is 2. The molecule has 3 aliphatic heterocycles. The number of amides is 6. The second-order valence-corrected chi connectivity index (χ2v) is 20.4. The number of hydrogen-bond donors (Lipinski definition) is 0. The number of hydrogen-bond acceptors (Lipinski definition) is 12. The zero-order valence-electron chi connectivity index (χ0n) is 42.9. The van der Waals surface area contributed by atoms with Gasteiger partial charge in [0.1, 0.15) is 23.0 Å². The number of anilines is 2. The third-order valence-electron chi connectivity index (χ3n) is 15.0. The van der Waals surface area contributed by atoms with E-state index in [2.05, 4.69) is 20.4 Å². The molecular formula is C62H55N3O12. The molecule has 0 bridgehead atoms. The van der Waals surface area contributed by atoms with Gasteiger partial charge in [-0.15, -0.1) is 0 Å². The van der Waals surface area contributed by atoms with Crippen LogP contribution in [-0.2, 0) is 56.5 Å². The predicted molar refractivity (Wildman–Crippen MR) is 284 cm³/mol.